The maximum absolute atomic E-state index is 12.6. The molecule has 1 heterocycles. The molecular weight excluding hydrogens is 224 g/mol. The normalized spacial score (nSPS) is 38.1. The van der Waals surface area contributed by atoms with Crippen molar-refractivity contribution < 1.29 is 9.53 Å². The Labute approximate surface area is 110 Å². The van der Waals surface area contributed by atoms with Gasteiger partial charge in [-0.2, -0.15) is 0 Å². The number of Topliss-reactive ketones (excluding diaryl/α,β-unsaturated/α-hetero) is 1. The van der Waals surface area contributed by atoms with E-state index in [1.54, 1.807) is 0 Å². The predicted octanol–water partition coefficient (Wildman–Crippen LogP) is 3.59. The van der Waals surface area contributed by atoms with Gasteiger partial charge < -0.3 is 4.74 Å². The average Bonchev–Trinajstić information content (AvgIpc) is 2.47. The summed E-state index contributed by atoms with van der Waals surface area (Å²) in [5, 5.41) is 0. The Morgan fingerprint density at radius 1 is 0.778 bits per heavy atom. The summed E-state index contributed by atoms with van der Waals surface area (Å²) in [7, 11) is 0. The van der Waals surface area contributed by atoms with E-state index in [0.29, 0.717) is 17.6 Å². The first-order valence-electron chi connectivity index (χ1n) is 7.96. The Morgan fingerprint density at radius 2 is 1.50 bits per heavy atom. The number of ether oxygens (including phenoxy) is 1. The van der Waals surface area contributed by atoms with Crippen LogP contribution in [0, 0.1) is 23.7 Å². The smallest absolute Gasteiger partial charge is 0.139 e. The molecule has 0 aromatic carbocycles. The zero-order chi connectivity index (χ0) is 12.4. The van der Waals surface area contributed by atoms with Gasteiger partial charge in [-0.05, 0) is 43.9 Å². The fraction of sp³-hybridized carbons (Fsp3) is 0.938. The Morgan fingerprint density at radius 3 is 2.28 bits per heavy atom. The van der Waals surface area contributed by atoms with Crippen LogP contribution in [-0.2, 0) is 9.53 Å². The lowest BCUT2D eigenvalue weighted by Gasteiger charge is -2.40. The molecule has 3 fully saturated rings. The van der Waals surface area contributed by atoms with Gasteiger partial charge in [0, 0.05) is 25.0 Å². The topological polar surface area (TPSA) is 26.3 Å². The summed E-state index contributed by atoms with van der Waals surface area (Å²) < 4.78 is 5.37. The summed E-state index contributed by atoms with van der Waals surface area (Å²) in [4.78, 5) is 12.6. The maximum atomic E-state index is 12.6. The second kappa shape index (κ2) is 5.73. The Bertz CT molecular complexity index is 293. The standard InChI is InChI=1S/C16H26O2/c17-16(13-7-9-18-10-8-13)15-6-5-12-3-1-2-4-14(12)11-15/h12-15H,1-11H2. The largest absolute Gasteiger partial charge is 0.381 e. The van der Waals surface area contributed by atoms with E-state index < -0.39 is 0 Å². The molecule has 2 saturated carbocycles. The lowest BCUT2D eigenvalue weighted by Crippen LogP contribution is -2.35. The monoisotopic (exact) mass is 250 g/mol. The Hall–Kier alpha value is -0.370. The molecule has 3 unspecified atom stereocenters. The van der Waals surface area contributed by atoms with Gasteiger partial charge in [0.05, 0.1) is 0 Å². The van der Waals surface area contributed by atoms with E-state index in [2.05, 4.69) is 0 Å². The minimum Gasteiger partial charge on any atom is -0.381 e. The van der Waals surface area contributed by atoms with Gasteiger partial charge in [0.2, 0.25) is 0 Å². The van der Waals surface area contributed by atoms with Crippen molar-refractivity contribution in [3.63, 3.8) is 0 Å². The van der Waals surface area contributed by atoms with Crippen LogP contribution < -0.4 is 0 Å². The summed E-state index contributed by atoms with van der Waals surface area (Å²) in [5.41, 5.74) is 0. The molecule has 0 radical (unpaired) electrons. The second-order valence-corrected chi connectivity index (χ2v) is 6.60. The van der Waals surface area contributed by atoms with Crippen molar-refractivity contribution in [1.29, 1.82) is 0 Å². The predicted molar refractivity (Wildman–Crippen MR) is 71.3 cm³/mol. The number of carbonyl (C=O) groups excluding carboxylic acids is 1. The number of ketones is 1. The quantitative estimate of drug-likeness (QED) is 0.748. The van der Waals surface area contributed by atoms with Gasteiger partial charge in [-0.3, -0.25) is 4.79 Å². The number of rotatable bonds is 2. The highest BCUT2D eigenvalue weighted by molar-refractivity contribution is 5.83. The van der Waals surface area contributed by atoms with Gasteiger partial charge in [-0.15, -0.1) is 0 Å². The lowest BCUT2D eigenvalue weighted by molar-refractivity contribution is -0.132. The summed E-state index contributed by atoms with van der Waals surface area (Å²) in [5.74, 6) is 3.14. The summed E-state index contributed by atoms with van der Waals surface area (Å²) >= 11 is 0. The number of hydrogen-bond donors (Lipinski definition) is 0. The molecule has 0 bridgehead atoms. The third-order valence-electron chi connectivity index (χ3n) is 5.57. The van der Waals surface area contributed by atoms with Crippen LogP contribution in [0.3, 0.4) is 0 Å². The molecule has 3 atom stereocenters. The van der Waals surface area contributed by atoms with E-state index in [4.69, 9.17) is 4.74 Å². The highest BCUT2D eigenvalue weighted by Gasteiger charge is 2.37. The third-order valence-corrected chi connectivity index (χ3v) is 5.57. The van der Waals surface area contributed by atoms with E-state index in [-0.39, 0.29) is 0 Å². The van der Waals surface area contributed by atoms with Gasteiger partial charge in [-0.25, -0.2) is 0 Å². The molecule has 0 spiro atoms. The molecule has 0 aromatic heterocycles. The van der Waals surface area contributed by atoms with E-state index in [1.807, 2.05) is 0 Å². The van der Waals surface area contributed by atoms with Gasteiger partial charge >= 0.3 is 0 Å². The van der Waals surface area contributed by atoms with E-state index in [1.165, 1.54) is 44.9 Å². The van der Waals surface area contributed by atoms with E-state index >= 15 is 0 Å². The SMILES string of the molecule is O=C(C1CCOCC1)C1CCC2CCCCC2C1. The van der Waals surface area contributed by atoms with E-state index in [9.17, 15) is 4.79 Å². The molecular formula is C16H26O2. The Balaban J connectivity index is 1.57. The first-order chi connectivity index (χ1) is 8.84. The van der Waals surface area contributed by atoms with E-state index in [0.717, 1.165) is 37.9 Å². The Kier molecular flexibility index (Phi) is 4.03. The molecule has 0 N–H and O–H groups in total. The zero-order valence-electron chi connectivity index (χ0n) is 11.4. The van der Waals surface area contributed by atoms with Gasteiger partial charge in [0.1, 0.15) is 5.78 Å². The fourth-order valence-electron chi connectivity index (χ4n) is 4.45. The number of carbonyl (C=O) groups is 1. The van der Waals surface area contributed by atoms with Crippen LogP contribution in [0.5, 0.6) is 0 Å². The molecule has 2 heteroatoms. The molecule has 18 heavy (non-hydrogen) atoms. The van der Waals surface area contributed by atoms with Gasteiger partial charge in [-0.1, -0.05) is 25.7 Å². The molecule has 3 aliphatic rings. The van der Waals surface area contributed by atoms with Crippen LogP contribution in [0.2, 0.25) is 0 Å². The summed E-state index contributed by atoms with van der Waals surface area (Å²) in [6.45, 7) is 1.60. The number of fused-ring (bicyclic) bond motifs is 1. The fourth-order valence-corrected chi connectivity index (χ4v) is 4.45. The molecule has 1 saturated heterocycles. The van der Waals surface area contributed by atoms with Crippen molar-refractivity contribution in [1.82, 2.24) is 0 Å². The minimum absolute atomic E-state index is 0.323. The molecule has 2 aliphatic carbocycles. The number of hydrogen-bond acceptors (Lipinski definition) is 2. The van der Waals surface area contributed by atoms with Crippen molar-refractivity contribution in [2.75, 3.05) is 13.2 Å². The molecule has 1 aliphatic heterocycles. The van der Waals surface area contributed by atoms with Crippen molar-refractivity contribution in [3.8, 4) is 0 Å². The van der Waals surface area contributed by atoms with Crippen LogP contribution in [0.1, 0.15) is 57.8 Å². The minimum atomic E-state index is 0.323. The van der Waals surface area contributed by atoms with Crippen molar-refractivity contribution in [2.24, 2.45) is 23.7 Å². The van der Waals surface area contributed by atoms with Crippen LogP contribution in [0.25, 0.3) is 0 Å². The molecule has 2 nitrogen and oxygen atoms in total. The highest BCUT2D eigenvalue weighted by Crippen LogP contribution is 2.43. The van der Waals surface area contributed by atoms with Crippen molar-refractivity contribution in [3.05, 3.63) is 0 Å². The van der Waals surface area contributed by atoms with Crippen LogP contribution >= 0.6 is 0 Å². The van der Waals surface area contributed by atoms with Crippen LogP contribution in [0.4, 0.5) is 0 Å². The highest BCUT2D eigenvalue weighted by atomic mass is 16.5. The lowest BCUT2D eigenvalue weighted by atomic mass is 9.65. The second-order valence-electron chi connectivity index (χ2n) is 6.60. The van der Waals surface area contributed by atoms with Crippen molar-refractivity contribution in [2.45, 2.75) is 57.8 Å². The molecule has 0 aromatic rings. The first kappa shape index (κ1) is 12.7. The van der Waals surface area contributed by atoms with Crippen molar-refractivity contribution >= 4 is 5.78 Å². The van der Waals surface area contributed by atoms with Crippen LogP contribution in [-0.4, -0.2) is 19.0 Å². The summed E-state index contributed by atoms with van der Waals surface area (Å²) in [6.07, 6.45) is 11.3. The average molecular weight is 250 g/mol. The van der Waals surface area contributed by atoms with Gasteiger partial charge in [0.15, 0.2) is 0 Å². The summed E-state index contributed by atoms with van der Waals surface area (Å²) in [6, 6.07) is 0. The van der Waals surface area contributed by atoms with Crippen LogP contribution in [0.15, 0.2) is 0 Å². The maximum Gasteiger partial charge on any atom is 0.139 e. The molecule has 102 valence electrons. The third kappa shape index (κ3) is 2.64. The van der Waals surface area contributed by atoms with Gasteiger partial charge in [0.25, 0.3) is 0 Å². The first-order valence-corrected chi connectivity index (χ1v) is 7.96. The molecule has 0 amide bonds. The zero-order valence-corrected chi connectivity index (χ0v) is 11.4. The molecule has 3 rings (SSSR count).